The molecule has 170 valence electrons. The Bertz CT molecular complexity index is 1190. The van der Waals surface area contributed by atoms with Crippen molar-refractivity contribution < 1.29 is 27.8 Å². The average molecular weight is 451 g/mol. The number of aryl methyl sites for hydroxylation is 1. The third kappa shape index (κ3) is 3.77. The van der Waals surface area contributed by atoms with Crippen LogP contribution in [0, 0.1) is 18.6 Å². The van der Waals surface area contributed by atoms with Gasteiger partial charge in [0.15, 0.2) is 11.6 Å². The van der Waals surface area contributed by atoms with Gasteiger partial charge in [-0.1, -0.05) is 42.5 Å². The van der Waals surface area contributed by atoms with E-state index >= 15 is 0 Å². The van der Waals surface area contributed by atoms with E-state index in [0.29, 0.717) is 11.1 Å². The molecule has 2 fully saturated rings. The molecule has 4 atom stereocenters. The number of carbonyl (C=O) groups excluding carboxylic acids is 1. The molecule has 0 N–H and O–H groups in total. The number of nitrogens with zero attached hydrogens (tertiary/aromatic N) is 1. The van der Waals surface area contributed by atoms with Crippen molar-refractivity contribution in [1.29, 1.82) is 0 Å². The molecule has 2 heterocycles. The first kappa shape index (κ1) is 21.6. The minimum absolute atomic E-state index is 0.0625. The number of carbonyl (C=O) groups is 1. The molecule has 0 radical (unpaired) electrons. The summed E-state index contributed by atoms with van der Waals surface area (Å²) < 4.78 is 45.3. The molecule has 0 bridgehead atoms. The van der Waals surface area contributed by atoms with Crippen molar-refractivity contribution in [3.8, 4) is 5.75 Å². The molecule has 3 aromatic carbocycles. The third-order valence-electron chi connectivity index (χ3n) is 6.29. The van der Waals surface area contributed by atoms with Crippen LogP contribution >= 0.6 is 0 Å². The molecule has 33 heavy (non-hydrogen) atoms. The van der Waals surface area contributed by atoms with E-state index in [1.807, 2.05) is 35.2 Å². The first-order valence-electron chi connectivity index (χ1n) is 10.7. The van der Waals surface area contributed by atoms with Crippen molar-refractivity contribution in [1.82, 2.24) is 4.90 Å². The smallest absolute Gasteiger partial charge is 0.326 e. The fourth-order valence-corrected chi connectivity index (χ4v) is 4.65. The molecule has 0 aliphatic carbocycles. The summed E-state index contributed by atoms with van der Waals surface area (Å²) in [6, 6.07) is 17.9. The van der Waals surface area contributed by atoms with E-state index in [2.05, 4.69) is 0 Å². The SMILES string of the molecule is COc1cc([C@H]2O[C@@H](c3ccc(F)c(C)c3)N3C2C(=O)OC[C@@H]3c2ccccc2)ccc1F. The van der Waals surface area contributed by atoms with E-state index in [4.69, 9.17) is 14.2 Å². The standard InChI is InChI=1S/C26H23F2NO4/c1-15-12-18(9-10-19(15)27)25-29-21(16-6-4-3-5-7-16)14-32-26(30)23(29)24(33-25)17-8-11-20(28)22(13-17)31-2/h3-13,21,23-25H,14H2,1-2H3/t21-,23?,24-,25+/m1/s1. The molecule has 7 heteroatoms. The normalized spacial score (nSPS) is 24.9. The second-order valence-corrected chi connectivity index (χ2v) is 8.26. The molecule has 0 amide bonds. The van der Waals surface area contributed by atoms with Crippen LogP contribution in [0.4, 0.5) is 8.78 Å². The lowest BCUT2D eigenvalue weighted by molar-refractivity contribution is -0.163. The Morgan fingerprint density at radius 3 is 2.39 bits per heavy atom. The van der Waals surface area contributed by atoms with Crippen LogP contribution in [-0.2, 0) is 14.3 Å². The number of morpholine rings is 1. The van der Waals surface area contributed by atoms with Crippen LogP contribution < -0.4 is 4.74 Å². The molecule has 0 spiro atoms. The maximum absolute atomic E-state index is 14.1. The van der Waals surface area contributed by atoms with Crippen LogP contribution in [0.15, 0.2) is 66.7 Å². The Labute approximate surface area is 190 Å². The number of fused-ring (bicyclic) bond motifs is 1. The van der Waals surface area contributed by atoms with Crippen molar-refractivity contribution in [3.63, 3.8) is 0 Å². The predicted molar refractivity (Wildman–Crippen MR) is 116 cm³/mol. The Balaban J connectivity index is 1.63. The van der Waals surface area contributed by atoms with Crippen LogP contribution in [0.1, 0.15) is 40.6 Å². The molecular weight excluding hydrogens is 428 g/mol. The highest BCUT2D eigenvalue weighted by atomic mass is 19.1. The fraction of sp³-hybridized carbons (Fsp3) is 0.269. The van der Waals surface area contributed by atoms with Crippen LogP contribution in [0.3, 0.4) is 0 Å². The van der Waals surface area contributed by atoms with Gasteiger partial charge in [-0.3, -0.25) is 4.79 Å². The van der Waals surface area contributed by atoms with Gasteiger partial charge < -0.3 is 14.2 Å². The second-order valence-electron chi connectivity index (χ2n) is 8.26. The van der Waals surface area contributed by atoms with Crippen LogP contribution in [0.5, 0.6) is 5.75 Å². The molecule has 2 aliphatic rings. The van der Waals surface area contributed by atoms with Gasteiger partial charge in [0.1, 0.15) is 30.8 Å². The van der Waals surface area contributed by atoms with Gasteiger partial charge in [-0.15, -0.1) is 0 Å². The number of methoxy groups -OCH3 is 1. The van der Waals surface area contributed by atoms with Gasteiger partial charge in [0, 0.05) is 0 Å². The number of esters is 1. The summed E-state index contributed by atoms with van der Waals surface area (Å²) in [7, 11) is 1.38. The summed E-state index contributed by atoms with van der Waals surface area (Å²) in [5.74, 6) is -1.18. The first-order chi connectivity index (χ1) is 16.0. The fourth-order valence-electron chi connectivity index (χ4n) is 4.65. The summed E-state index contributed by atoms with van der Waals surface area (Å²) in [5.41, 5.74) is 2.77. The number of halogens is 2. The maximum Gasteiger partial charge on any atom is 0.326 e. The highest BCUT2D eigenvalue weighted by Crippen LogP contribution is 2.49. The van der Waals surface area contributed by atoms with Crippen LogP contribution in [-0.4, -0.2) is 30.6 Å². The Kier molecular flexibility index (Phi) is 5.60. The topological polar surface area (TPSA) is 48.0 Å². The zero-order valence-corrected chi connectivity index (χ0v) is 18.2. The molecule has 3 aromatic rings. The molecule has 2 aliphatic heterocycles. The third-order valence-corrected chi connectivity index (χ3v) is 6.29. The van der Waals surface area contributed by atoms with Crippen molar-refractivity contribution >= 4 is 5.97 Å². The van der Waals surface area contributed by atoms with E-state index in [-0.39, 0.29) is 24.2 Å². The van der Waals surface area contributed by atoms with Gasteiger partial charge in [0.05, 0.1) is 13.2 Å². The Morgan fingerprint density at radius 1 is 0.939 bits per heavy atom. The number of hydrogen-bond donors (Lipinski definition) is 0. The van der Waals surface area contributed by atoms with Gasteiger partial charge in [-0.05, 0) is 53.4 Å². The number of hydrogen-bond acceptors (Lipinski definition) is 5. The summed E-state index contributed by atoms with van der Waals surface area (Å²) >= 11 is 0. The predicted octanol–water partition coefficient (Wildman–Crippen LogP) is 5.02. The van der Waals surface area contributed by atoms with Crippen LogP contribution in [0.25, 0.3) is 0 Å². The quantitative estimate of drug-likeness (QED) is 0.522. The summed E-state index contributed by atoms with van der Waals surface area (Å²) in [6.45, 7) is 1.85. The lowest BCUT2D eigenvalue weighted by Gasteiger charge is -2.39. The maximum atomic E-state index is 14.1. The molecule has 1 unspecified atom stereocenters. The zero-order valence-electron chi connectivity index (χ0n) is 18.2. The van der Waals surface area contributed by atoms with Crippen LogP contribution in [0.2, 0.25) is 0 Å². The van der Waals surface area contributed by atoms with Crippen molar-refractivity contribution in [2.75, 3.05) is 13.7 Å². The number of rotatable bonds is 4. The second kappa shape index (κ2) is 8.57. The summed E-state index contributed by atoms with van der Waals surface area (Å²) in [6.07, 6.45) is -1.36. The van der Waals surface area contributed by atoms with Gasteiger partial charge >= 0.3 is 5.97 Å². The minimum Gasteiger partial charge on any atom is -0.494 e. The van der Waals surface area contributed by atoms with Crippen molar-refractivity contribution in [2.24, 2.45) is 0 Å². The van der Waals surface area contributed by atoms with Gasteiger partial charge in [-0.2, -0.15) is 0 Å². The molecule has 0 saturated carbocycles. The van der Waals surface area contributed by atoms with E-state index in [9.17, 15) is 13.6 Å². The average Bonchev–Trinajstić information content (AvgIpc) is 3.23. The van der Waals surface area contributed by atoms with Crippen molar-refractivity contribution in [2.45, 2.75) is 31.3 Å². The summed E-state index contributed by atoms with van der Waals surface area (Å²) in [5, 5.41) is 0. The van der Waals surface area contributed by atoms with E-state index < -0.39 is 30.2 Å². The molecule has 2 saturated heterocycles. The minimum atomic E-state index is -0.769. The van der Waals surface area contributed by atoms with Gasteiger partial charge in [-0.25, -0.2) is 13.7 Å². The highest BCUT2D eigenvalue weighted by molar-refractivity contribution is 5.78. The Hall–Kier alpha value is -3.29. The van der Waals surface area contributed by atoms with Gasteiger partial charge in [0.25, 0.3) is 0 Å². The molecule has 0 aromatic heterocycles. The summed E-state index contributed by atoms with van der Waals surface area (Å²) in [4.78, 5) is 15.0. The van der Waals surface area contributed by atoms with E-state index in [1.54, 1.807) is 25.1 Å². The number of cyclic esters (lactones) is 1. The zero-order chi connectivity index (χ0) is 23.1. The van der Waals surface area contributed by atoms with E-state index in [0.717, 1.165) is 11.1 Å². The lowest BCUT2D eigenvalue weighted by atomic mass is 9.96. The van der Waals surface area contributed by atoms with E-state index in [1.165, 1.54) is 25.3 Å². The number of ether oxygens (including phenoxy) is 3. The largest absolute Gasteiger partial charge is 0.494 e. The van der Waals surface area contributed by atoms with Crippen molar-refractivity contribution in [3.05, 3.63) is 101 Å². The first-order valence-corrected chi connectivity index (χ1v) is 10.7. The Morgan fingerprint density at radius 2 is 1.67 bits per heavy atom. The monoisotopic (exact) mass is 451 g/mol. The molecule has 5 nitrogen and oxygen atoms in total. The molecule has 5 rings (SSSR count). The van der Waals surface area contributed by atoms with Gasteiger partial charge in [0.2, 0.25) is 0 Å². The highest BCUT2D eigenvalue weighted by Gasteiger charge is 2.54. The molecular formula is C26H23F2NO4. The lowest BCUT2D eigenvalue weighted by Crippen LogP contribution is -2.49. The number of benzene rings is 3.